The van der Waals surface area contributed by atoms with Crippen molar-refractivity contribution in [1.82, 2.24) is 20.2 Å². The number of esters is 1. The third-order valence-electron chi connectivity index (χ3n) is 3.75. The van der Waals surface area contributed by atoms with Crippen LogP contribution < -0.4 is 16.2 Å². The summed E-state index contributed by atoms with van der Waals surface area (Å²) in [6.07, 6.45) is 0.00731. The minimum absolute atomic E-state index is 0.00731. The van der Waals surface area contributed by atoms with Gasteiger partial charge in [0.05, 0.1) is 36.7 Å². The van der Waals surface area contributed by atoms with Crippen molar-refractivity contribution < 1.29 is 19.1 Å². The number of ether oxygens (including phenoxy) is 1. The number of nitrogens with zero attached hydrogens (tertiary/aromatic N) is 2. The van der Waals surface area contributed by atoms with E-state index in [1.165, 1.54) is 11.7 Å². The lowest BCUT2D eigenvalue weighted by Crippen LogP contribution is -2.37. The SMILES string of the molecule is CCNC(=O)CNC(=O)CSc1nc2ccccc2c(=O)n1CCC(=O)OC. The molecule has 9 nitrogen and oxygen atoms in total. The molecule has 0 unspecified atom stereocenters. The lowest BCUT2D eigenvalue weighted by atomic mass is 10.2. The van der Waals surface area contributed by atoms with Crippen molar-refractivity contribution in [2.45, 2.75) is 25.0 Å². The highest BCUT2D eigenvalue weighted by atomic mass is 32.2. The van der Waals surface area contributed by atoms with E-state index in [4.69, 9.17) is 0 Å². The van der Waals surface area contributed by atoms with Crippen molar-refractivity contribution in [3.63, 3.8) is 0 Å². The largest absolute Gasteiger partial charge is 0.469 e. The van der Waals surface area contributed by atoms with Crippen molar-refractivity contribution in [3.05, 3.63) is 34.6 Å². The van der Waals surface area contributed by atoms with Crippen LogP contribution in [0.1, 0.15) is 13.3 Å². The van der Waals surface area contributed by atoms with E-state index in [2.05, 4.69) is 20.4 Å². The van der Waals surface area contributed by atoms with Crippen LogP contribution in [0.3, 0.4) is 0 Å². The zero-order chi connectivity index (χ0) is 20.5. The molecule has 0 aliphatic heterocycles. The lowest BCUT2D eigenvalue weighted by Gasteiger charge is -2.12. The van der Waals surface area contributed by atoms with Crippen LogP contribution in [0.2, 0.25) is 0 Å². The average molecular weight is 406 g/mol. The molecule has 0 spiro atoms. The summed E-state index contributed by atoms with van der Waals surface area (Å²) in [4.78, 5) is 52.1. The topological polar surface area (TPSA) is 119 Å². The lowest BCUT2D eigenvalue weighted by molar-refractivity contribution is -0.140. The molecule has 2 N–H and O–H groups in total. The van der Waals surface area contributed by atoms with E-state index in [1.807, 2.05) is 0 Å². The molecule has 28 heavy (non-hydrogen) atoms. The number of carbonyl (C=O) groups excluding carboxylic acids is 3. The van der Waals surface area contributed by atoms with E-state index in [1.54, 1.807) is 31.2 Å². The fraction of sp³-hybridized carbons (Fsp3) is 0.389. The number of methoxy groups -OCH3 is 1. The van der Waals surface area contributed by atoms with E-state index in [0.717, 1.165) is 11.8 Å². The van der Waals surface area contributed by atoms with Crippen molar-refractivity contribution in [2.24, 2.45) is 0 Å². The molecule has 0 saturated carbocycles. The Labute approximate surface area is 165 Å². The minimum Gasteiger partial charge on any atom is -0.469 e. The van der Waals surface area contributed by atoms with Gasteiger partial charge >= 0.3 is 5.97 Å². The molecule has 1 aromatic carbocycles. The average Bonchev–Trinajstić information content (AvgIpc) is 2.70. The van der Waals surface area contributed by atoms with Gasteiger partial charge in [0.1, 0.15) is 0 Å². The molecular weight excluding hydrogens is 384 g/mol. The van der Waals surface area contributed by atoms with E-state index in [9.17, 15) is 19.2 Å². The summed E-state index contributed by atoms with van der Waals surface area (Å²) < 4.78 is 5.99. The highest BCUT2D eigenvalue weighted by molar-refractivity contribution is 7.99. The number of para-hydroxylation sites is 1. The summed E-state index contributed by atoms with van der Waals surface area (Å²) in [5, 5.41) is 5.84. The fourth-order valence-corrected chi connectivity index (χ4v) is 3.24. The minimum atomic E-state index is -0.448. The zero-order valence-electron chi connectivity index (χ0n) is 15.7. The Bertz CT molecular complexity index is 928. The molecule has 150 valence electrons. The maximum Gasteiger partial charge on any atom is 0.307 e. The van der Waals surface area contributed by atoms with Gasteiger partial charge in [0.15, 0.2) is 5.16 Å². The number of fused-ring (bicyclic) bond motifs is 1. The molecule has 0 fully saturated rings. The number of hydrogen-bond donors (Lipinski definition) is 2. The molecule has 2 rings (SSSR count). The highest BCUT2D eigenvalue weighted by Crippen LogP contribution is 2.18. The standard InChI is InChI=1S/C18H22N4O5S/c1-3-19-14(23)10-20-15(24)11-28-18-21-13-7-5-4-6-12(13)17(26)22(18)9-8-16(25)27-2/h4-7H,3,8-11H2,1-2H3,(H,19,23)(H,20,24). The summed E-state index contributed by atoms with van der Waals surface area (Å²) in [5.74, 6) is -1.11. The van der Waals surface area contributed by atoms with Crippen LogP contribution in [0.15, 0.2) is 34.2 Å². The van der Waals surface area contributed by atoms with Crippen LogP contribution in [-0.2, 0) is 25.7 Å². The van der Waals surface area contributed by atoms with Gasteiger partial charge in [0, 0.05) is 13.1 Å². The number of benzene rings is 1. The number of aromatic nitrogens is 2. The molecule has 0 bridgehead atoms. The number of rotatable bonds is 9. The van der Waals surface area contributed by atoms with Gasteiger partial charge in [-0.15, -0.1) is 0 Å². The second-order valence-corrected chi connectivity index (χ2v) is 6.66. The van der Waals surface area contributed by atoms with Crippen LogP contribution in [0, 0.1) is 0 Å². The second kappa shape index (κ2) is 10.5. The van der Waals surface area contributed by atoms with Gasteiger partial charge in [-0.1, -0.05) is 23.9 Å². The smallest absolute Gasteiger partial charge is 0.307 e. The van der Waals surface area contributed by atoms with Crippen molar-refractivity contribution in [2.75, 3.05) is 26.0 Å². The highest BCUT2D eigenvalue weighted by Gasteiger charge is 2.15. The van der Waals surface area contributed by atoms with E-state index >= 15 is 0 Å². The number of likely N-dealkylation sites (N-methyl/N-ethyl adjacent to an activating group) is 1. The molecule has 1 heterocycles. The van der Waals surface area contributed by atoms with Crippen LogP contribution in [-0.4, -0.2) is 53.3 Å². The molecule has 0 aliphatic rings. The third-order valence-corrected chi connectivity index (χ3v) is 4.72. The first-order valence-electron chi connectivity index (χ1n) is 8.68. The number of thioether (sulfide) groups is 1. The summed E-state index contributed by atoms with van der Waals surface area (Å²) in [5.41, 5.74) is 0.215. The molecule has 2 amide bonds. The van der Waals surface area contributed by atoms with Crippen molar-refractivity contribution in [1.29, 1.82) is 0 Å². The quantitative estimate of drug-likeness (QED) is 0.349. The first kappa shape index (κ1) is 21.4. The maximum absolute atomic E-state index is 12.8. The summed E-state index contributed by atoms with van der Waals surface area (Å²) in [6.45, 7) is 2.24. The first-order chi connectivity index (χ1) is 13.5. The van der Waals surface area contributed by atoms with Crippen LogP contribution in [0.25, 0.3) is 10.9 Å². The fourth-order valence-electron chi connectivity index (χ4n) is 2.38. The molecule has 10 heteroatoms. The third kappa shape index (κ3) is 5.81. The first-order valence-corrected chi connectivity index (χ1v) is 9.67. The maximum atomic E-state index is 12.8. The Morgan fingerprint density at radius 3 is 2.64 bits per heavy atom. The Hall–Kier alpha value is -2.88. The number of nitrogens with one attached hydrogen (secondary N) is 2. The predicted octanol–water partition coefficient (Wildman–Crippen LogP) is 0.304. The van der Waals surface area contributed by atoms with E-state index in [0.29, 0.717) is 22.6 Å². The molecular formula is C18H22N4O5S. The van der Waals surface area contributed by atoms with Gasteiger partial charge in [-0.3, -0.25) is 23.7 Å². The number of carbonyl (C=O) groups is 3. The number of amides is 2. The van der Waals surface area contributed by atoms with Gasteiger partial charge in [0.25, 0.3) is 5.56 Å². The monoisotopic (exact) mass is 406 g/mol. The Kier molecular flexibility index (Phi) is 8.00. The molecule has 0 saturated heterocycles. The van der Waals surface area contributed by atoms with Crippen LogP contribution >= 0.6 is 11.8 Å². The van der Waals surface area contributed by atoms with E-state index < -0.39 is 5.97 Å². The van der Waals surface area contributed by atoms with Crippen LogP contribution in [0.4, 0.5) is 0 Å². The Morgan fingerprint density at radius 1 is 1.18 bits per heavy atom. The van der Waals surface area contributed by atoms with E-state index in [-0.39, 0.29) is 42.6 Å². The molecule has 1 aromatic heterocycles. The van der Waals surface area contributed by atoms with Gasteiger partial charge in [-0.25, -0.2) is 4.98 Å². The predicted molar refractivity (Wildman–Crippen MR) is 105 cm³/mol. The molecule has 0 aliphatic carbocycles. The summed E-state index contributed by atoms with van der Waals surface area (Å²) in [6, 6.07) is 6.87. The summed E-state index contributed by atoms with van der Waals surface area (Å²) in [7, 11) is 1.28. The normalized spacial score (nSPS) is 10.5. The van der Waals surface area contributed by atoms with Crippen molar-refractivity contribution >= 4 is 40.4 Å². The van der Waals surface area contributed by atoms with Gasteiger partial charge in [-0.05, 0) is 19.1 Å². The molecule has 0 atom stereocenters. The van der Waals surface area contributed by atoms with Gasteiger partial charge < -0.3 is 15.4 Å². The molecule has 2 aromatic rings. The van der Waals surface area contributed by atoms with Gasteiger partial charge in [-0.2, -0.15) is 0 Å². The zero-order valence-corrected chi connectivity index (χ0v) is 16.5. The Balaban J connectivity index is 2.17. The number of hydrogen-bond acceptors (Lipinski definition) is 7. The summed E-state index contributed by atoms with van der Waals surface area (Å²) >= 11 is 1.06. The van der Waals surface area contributed by atoms with Crippen LogP contribution in [0.5, 0.6) is 0 Å². The second-order valence-electron chi connectivity index (χ2n) is 5.71. The Morgan fingerprint density at radius 2 is 1.93 bits per heavy atom. The van der Waals surface area contributed by atoms with Gasteiger partial charge in [0.2, 0.25) is 11.8 Å². The molecule has 0 radical (unpaired) electrons. The van der Waals surface area contributed by atoms with Crippen molar-refractivity contribution in [3.8, 4) is 0 Å².